The minimum atomic E-state index is -0.260. The monoisotopic (exact) mass is 360 g/mol. The molecule has 0 fully saturated rings. The van der Waals surface area contributed by atoms with Crippen molar-refractivity contribution in [3.05, 3.63) is 84.2 Å². The molecule has 0 atom stereocenters. The van der Waals surface area contributed by atoms with E-state index in [2.05, 4.69) is 10.3 Å². The number of ether oxygens (including phenoxy) is 1. The Hall–Kier alpha value is -3.60. The zero-order chi connectivity index (χ0) is 18.8. The van der Waals surface area contributed by atoms with Crippen LogP contribution in [-0.2, 0) is 0 Å². The van der Waals surface area contributed by atoms with Crippen molar-refractivity contribution < 1.29 is 13.9 Å². The highest BCUT2D eigenvalue weighted by molar-refractivity contribution is 6.04. The van der Waals surface area contributed by atoms with Gasteiger partial charge in [-0.2, -0.15) is 0 Å². The standard InChI is InChI=1S/C22H17FN2O2/c1-27-19-9-4-15(5-10-19)22(26)24-18-7-2-14(3-8-18)21-13-16-12-17(23)6-11-20(16)25-21/h2-13,25H,1H3,(H,24,26). The first-order valence-electron chi connectivity index (χ1n) is 8.46. The van der Waals surface area contributed by atoms with E-state index in [1.165, 1.54) is 12.1 Å². The number of hydrogen-bond donors (Lipinski definition) is 2. The van der Waals surface area contributed by atoms with Gasteiger partial charge in [-0.25, -0.2) is 4.39 Å². The lowest BCUT2D eigenvalue weighted by molar-refractivity contribution is 0.102. The Morgan fingerprint density at radius 2 is 1.70 bits per heavy atom. The lowest BCUT2D eigenvalue weighted by Crippen LogP contribution is -2.11. The van der Waals surface area contributed by atoms with Crippen LogP contribution in [0.25, 0.3) is 22.2 Å². The summed E-state index contributed by atoms with van der Waals surface area (Å²) in [5.41, 5.74) is 3.97. The molecule has 0 bridgehead atoms. The number of methoxy groups -OCH3 is 1. The molecule has 4 rings (SSSR count). The number of nitrogens with one attached hydrogen (secondary N) is 2. The van der Waals surface area contributed by atoms with Crippen LogP contribution in [0.1, 0.15) is 10.4 Å². The van der Waals surface area contributed by atoms with Crippen molar-refractivity contribution in [2.45, 2.75) is 0 Å². The minimum absolute atomic E-state index is 0.188. The molecular weight excluding hydrogens is 343 g/mol. The minimum Gasteiger partial charge on any atom is -0.497 e. The molecule has 0 aliphatic heterocycles. The molecule has 1 aromatic heterocycles. The van der Waals surface area contributed by atoms with Crippen molar-refractivity contribution in [2.24, 2.45) is 0 Å². The molecule has 4 aromatic rings. The molecule has 0 saturated carbocycles. The average molecular weight is 360 g/mol. The summed E-state index contributed by atoms with van der Waals surface area (Å²) in [6, 6.07) is 21.0. The first-order valence-corrected chi connectivity index (χ1v) is 8.46. The Labute approximate surface area is 155 Å². The SMILES string of the molecule is COc1ccc(C(=O)Nc2ccc(-c3cc4cc(F)ccc4[nH]3)cc2)cc1. The van der Waals surface area contributed by atoms with Crippen LogP contribution in [0.5, 0.6) is 5.75 Å². The summed E-state index contributed by atoms with van der Waals surface area (Å²) in [5.74, 6) is 0.255. The Bertz CT molecular complexity index is 1100. The second-order valence-corrected chi connectivity index (χ2v) is 6.17. The topological polar surface area (TPSA) is 54.1 Å². The third-order valence-electron chi connectivity index (χ3n) is 4.39. The van der Waals surface area contributed by atoms with Crippen molar-refractivity contribution >= 4 is 22.5 Å². The van der Waals surface area contributed by atoms with E-state index in [1.807, 2.05) is 30.3 Å². The molecule has 3 aromatic carbocycles. The number of anilines is 1. The second kappa shape index (κ2) is 6.96. The highest BCUT2D eigenvalue weighted by Crippen LogP contribution is 2.26. The maximum atomic E-state index is 13.3. The molecule has 2 N–H and O–H groups in total. The van der Waals surface area contributed by atoms with Gasteiger partial charge in [-0.05, 0) is 66.2 Å². The molecular formula is C22H17FN2O2. The summed E-state index contributed by atoms with van der Waals surface area (Å²) in [6.07, 6.45) is 0. The first-order chi connectivity index (χ1) is 13.1. The quantitative estimate of drug-likeness (QED) is 0.523. The fourth-order valence-electron chi connectivity index (χ4n) is 2.94. The summed E-state index contributed by atoms with van der Waals surface area (Å²) in [6.45, 7) is 0. The maximum absolute atomic E-state index is 13.3. The van der Waals surface area contributed by atoms with Crippen LogP contribution in [0.3, 0.4) is 0 Å². The third kappa shape index (κ3) is 3.53. The van der Waals surface area contributed by atoms with Crippen molar-refractivity contribution in [1.82, 2.24) is 4.98 Å². The van der Waals surface area contributed by atoms with Gasteiger partial charge >= 0.3 is 0 Å². The number of benzene rings is 3. The molecule has 27 heavy (non-hydrogen) atoms. The molecule has 4 nitrogen and oxygen atoms in total. The van der Waals surface area contributed by atoms with Crippen LogP contribution in [0.15, 0.2) is 72.8 Å². The number of aromatic amines is 1. The molecule has 5 heteroatoms. The van der Waals surface area contributed by atoms with Crippen LogP contribution in [-0.4, -0.2) is 18.0 Å². The Balaban J connectivity index is 1.51. The molecule has 0 radical (unpaired) electrons. The number of amides is 1. The molecule has 0 unspecified atom stereocenters. The van der Waals surface area contributed by atoms with Crippen molar-refractivity contribution in [1.29, 1.82) is 0 Å². The number of hydrogen-bond acceptors (Lipinski definition) is 2. The number of halogens is 1. The van der Waals surface area contributed by atoms with Gasteiger partial charge in [-0.1, -0.05) is 12.1 Å². The second-order valence-electron chi connectivity index (χ2n) is 6.17. The van der Waals surface area contributed by atoms with Crippen LogP contribution in [0.2, 0.25) is 0 Å². The van der Waals surface area contributed by atoms with Gasteiger partial charge in [0, 0.05) is 27.8 Å². The number of carbonyl (C=O) groups is 1. The van der Waals surface area contributed by atoms with E-state index >= 15 is 0 Å². The summed E-state index contributed by atoms with van der Waals surface area (Å²) >= 11 is 0. The van der Waals surface area contributed by atoms with E-state index in [9.17, 15) is 9.18 Å². The summed E-state index contributed by atoms with van der Waals surface area (Å²) in [7, 11) is 1.58. The zero-order valence-electron chi connectivity index (χ0n) is 14.6. The highest BCUT2D eigenvalue weighted by Gasteiger charge is 2.08. The molecule has 1 amide bonds. The number of H-pyrrole nitrogens is 1. The molecule has 1 heterocycles. The van der Waals surface area contributed by atoms with Crippen LogP contribution < -0.4 is 10.1 Å². The van der Waals surface area contributed by atoms with Gasteiger partial charge in [0.25, 0.3) is 5.91 Å². The lowest BCUT2D eigenvalue weighted by atomic mass is 10.1. The Morgan fingerprint density at radius 3 is 2.41 bits per heavy atom. The van der Waals surface area contributed by atoms with E-state index in [0.29, 0.717) is 17.0 Å². The number of aromatic nitrogens is 1. The predicted octanol–water partition coefficient (Wildman–Crippen LogP) is 5.23. The van der Waals surface area contributed by atoms with E-state index in [4.69, 9.17) is 4.74 Å². The van der Waals surface area contributed by atoms with Crippen molar-refractivity contribution in [2.75, 3.05) is 12.4 Å². The van der Waals surface area contributed by atoms with Gasteiger partial charge in [0.15, 0.2) is 0 Å². The first kappa shape index (κ1) is 16.8. The molecule has 134 valence electrons. The smallest absolute Gasteiger partial charge is 0.255 e. The van der Waals surface area contributed by atoms with Gasteiger partial charge in [0.05, 0.1) is 7.11 Å². The average Bonchev–Trinajstić information content (AvgIpc) is 3.11. The number of carbonyl (C=O) groups excluding carboxylic acids is 1. The Morgan fingerprint density at radius 1 is 0.963 bits per heavy atom. The van der Waals surface area contributed by atoms with Gasteiger partial charge in [-0.3, -0.25) is 4.79 Å². The van der Waals surface area contributed by atoms with Crippen molar-refractivity contribution in [3.63, 3.8) is 0 Å². The van der Waals surface area contributed by atoms with Gasteiger partial charge in [0.2, 0.25) is 0 Å². The molecule has 0 aliphatic rings. The van der Waals surface area contributed by atoms with E-state index in [0.717, 1.165) is 22.2 Å². The largest absolute Gasteiger partial charge is 0.497 e. The van der Waals surface area contributed by atoms with E-state index in [1.54, 1.807) is 37.4 Å². The highest BCUT2D eigenvalue weighted by atomic mass is 19.1. The van der Waals surface area contributed by atoms with Crippen LogP contribution in [0.4, 0.5) is 10.1 Å². The molecule has 0 spiro atoms. The summed E-state index contributed by atoms with van der Waals surface area (Å²) < 4.78 is 18.4. The van der Waals surface area contributed by atoms with Crippen LogP contribution in [0, 0.1) is 5.82 Å². The van der Waals surface area contributed by atoms with E-state index in [-0.39, 0.29) is 11.7 Å². The fourth-order valence-corrected chi connectivity index (χ4v) is 2.94. The lowest BCUT2D eigenvalue weighted by Gasteiger charge is -2.07. The summed E-state index contributed by atoms with van der Waals surface area (Å²) in [5, 5.41) is 3.69. The number of rotatable bonds is 4. The van der Waals surface area contributed by atoms with Gasteiger partial charge < -0.3 is 15.0 Å². The summed E-state index contributed by atoms with van der Waals surface area (Å²) in [4.78, 5) is 15.6. The maximum Gasteiger partial charge on any atom is 0.255 e. The predicted molar refractivity (Wildman–Crippen MR) is 105 cm³/mol. The van der Waals surface area contributed by atoms with E-state index < -0.39 is 0 Å². The third-order valence-corrected chi connectivity index (χ3v) is 4.39. The van der Waals surface area contributed by atoms with Crippen molar-refractivity contribution in [3.8, 4) is 17.0 Å². The zero-order valence-corrected chi connectivity index (χ0v) is 14.6. The van der Waals surface area contributed by atoms with Crippen LogP contribution >= 0.6 is 0 Å². The van der Waals surface area contributed by atoms with Gasteiger partial charge in [-0.15, -0.1) is 0 Å². The normalized spacial score (nSPS) is 10.7. The molecule has 0 saturated heterocycles. The fraction of sp³-hybridized carbons (Fsp3) is 0.0455. The van der Waals surface area contributed by atoms with Gasteiger partial charge in [0.1, 0.15) is 11.6 Å². The Kier molecular flexibility index (Phi) is 4.34. The molecule has 0 aliphatic carbocycles. The number of fused-ring (bicyclic) bond motifs is 1.